The number of alkyl halides is 6. The van der Waals surface area contributed by atoms with Crippen molar-refractivity contribution in [1.29, 1.82) is 0 Å². The standard InChI is InChI=1S/C20H24F6N2O10/c1-8(29)34-7-12-14(35-9(2)30)15(36-10(3)31)16(37-11(4)32)17(38-12)28-13(33)5-6-27-18(19(21,22)23)20(24,25)26/h5-6,12,14-18,27H,7H2,1-4H3,(H,28,33)/b6-5-/t12-,14-,15+,16-,17-/m1/s1. The SMILES string of the molecule is CC(=O)OC[C@H]1O[C@@H](NC(=O)/C=C\NC(C(F)(F)F)C(F)(F)F)[C@H](OC(C)=O)[C@@H](OC(C)=O)[C@@H]1OC(C)=O. The predicted molar refractivity (Wildman–Crippen MR) is 108 cm³/mol. The maximum Gasteiger partial charge on any atom is 0.417 e. The Hall–Kier alpha value is -3.57. The lowest BCUT2D eigenvalue weighted by atomic mass is 9.97. The molecule has 0 aliphatic carbocycles. The molecular weight excluding hydrogens is 542 g/mol. The van der Waals surface area contributed by atoms with Gasteiger partial charge in [-0.3, -0.25) is 24.0 Å². The van der Waals surface area contributed by atoms with E-state index in [0.717, 1.165) is 33.0 Å². The van der Waals surface area contributed by atoms with Crippen LogP contribution in [-0.4, -0.2) is 85.4 Å². The average molecular weight is 566 g/mol. The van der Waals surface area contributed by atoms with Gasteiger partial charge in [0.05, 0.1) is 0 Å². The summed E-state index contributed by atoms with van der Waals surface area (Å²) in [5.41, 5.74) is 0. The number of hydrogen-bond donors (Lipinski definition) is 2. The van der Waals surface area contributed by atoms with Crippen LogP contribution in [0.2, 0.25) is 0 Å². The van der Waals surface area contributed by atoms with Crippen LogP contribution in [0.1, 0.15) is 27.7 Å². The number of halogens is 6. The molecule has 1 aliphatic rings. The van der Waals surface area contributed by atoms with Gasteiger partial charge < -0.3 is 34.3 Å². The van der Waals surface area contributed by atoms with Gasteiger partial charge in [0.25, 0.3) is 0 Å². The first-order chi connectivity index (χ1) is 17.3. The monoisotopic (exact) mass is 566 g/mol. The van der Waals surface area contributed by atoms with E-state index in [1.54, 1.807) is 0 Å². The van der Waals surface area contributed by atoms with Crippen LogP contribution < -0.4 is 10.6 Å². The number of carbonyl (C=O) groups is 5. The van der Waals surface area contributed by atoms with Gasteiger partial charge >= 0.3 is 36.2 Å². The molecule has 1 rings (SSSR count). The first-order valence-corrected chi connectivity index (χ1v) is 10.5. The van der Waals surface area contributed by atoms with E-state index in [1.807, 2.05) is 5.32 Å². The number of amides is 1. The van der Waals surface area contributed by atoms with Crippen LogP contribution in [0.15, 0.2) is 12.3 Å². The van der Waals surface area contributed by atoms with Gasteiger partial charge in [0.2, 0.25) is 11.9 Å². The highest BCUT2D eigenvalue weighted by molar-refractivity contribution is 5.87. The van der Waals surface area contributed by atoms with Crippen LogP contribution in [0.25, 0.3) is 0 Å². The Kier molecular flexibility index (Phi) is 11.4. The Balaban J connectivity index is 3.28. The molecule has 5 atom stereocenters. The van der Waals surface area contributed by atoms with Crippen LogP contribution in [0.5, 0.6) is 0 Å². The minimum Gasteiger partial charge on any atom is -0.463 e. The number of hydrogen-bond acceptors (Lipinski definition) is 11. The first kappa shape index (κ1) is 32.5. The molecule has 0 unspecified atom stereocenters. The fraction of sp³-hybridized carbons (Fsp3) is 0.650. The maximum atomic E-state index is 12.6. The van der Waals surface area contributed by atoms with E-state index in [1.165, 1.54) is 0 Å². The number of esters is 4. The third-order valence-electron chi connectivity index (χ3n) is 4.43. The van der Waals surface area contributed by atoms with Gasteiger partial charge in [0, 0.05) is 40.0 Å². The minimum absolute atomic E-state index is 0.0756. The van der Waals surface area contributed by atoms with Gasteiger partial charge in [-0.2, -0.15) is 26.3 Å². The van der Waals surface area contributed by atoms with Crippen LogP contribution in [0.3, 0.4) is 0 Å². The highest BCUT2D eigenvalue weighted by Crippen LogP contribution is 2.33. The second-order valence-corrected chi connectivity index (χ2v) is 7.64. The molecule has 0 bridgehead atoms. The smallest absolute Gasteiger partial charge is 0.417 e. The Bertz CT molecular complexity index is 909. The van der Waals surface area contributed by atoms with Gasteiger partial charge in [-0.1, -0.05) is 0 Å². The van der Waals surface area contributed by atoms with Crippen LogP contribution >= 0.6 is 0 Å². The molecule has 1 saturated heterocycles. The van der Waals surface area contributed by atoms with Crippen LogP contribution in [0.4, 0.5) is 26.3 Å². The molecular formula is C20H24F6N2O10. The van der Waals surface area contributed by atoms with E-state index in [9.17, 15) is 50.3 Å². The molecule has 38 heavy (non-hydrogen) atoms. The zero-order valence-electron chi connectivity index (χ0n) is 20.2. The predicted octanol–water partition coefficient (Wildman–Crippen LogP) is 0.782. The van der Waals surface area contributed by atoms with E-state index in [2.05, 4.69) is 0 Å². The van der Waals surface area contributed by atoms with Gasteiger partial charge in [-0.25, -0.2) is 0 Å². The summed E-state index contributed by atoms with van der Waals surface area (Å²) in [6, 6.07) is -3.98. The largest absolute Gasteiger partial charge is 0.463 e. The quantitative estimate of drug-likeness (QED) is 0.176. The van der Waals surface area contributed by atoms with E-state index < -0.39 is 85.4 Å². The molecule has 18 heteroatoms. The molecule has 0 aromatic heterocycles. The molecule has 216 valence electrons. The lowest BCUT2D eigenvalue weighted by Gasteiger charge is -2.44. The van der Waals surface area contributed by atoms with E-state index in [0.29, 0.717) is 0 Å². The first-order valence-electron chi connectivity index (χ1n) is 10.5. The van der Waals surface area contributed by atoms with Crippen molar-refractivity contribution in [3.63, 3.8) is 0 Å². The van der Waals surface area contributed by atoms with Crippen molar-refractivity contribution >= 4 is 29.8 Å². The zero-order chi connectivity index (χ0) is 29.4. The Labute approximate surface area is 210 Å². The normalized spacial score (nSPS) is 23.9. The van der Waals surface area contributed by atoms with E-state index in [4.69, 9.17) is 23.7 Å². The Morgan fingerprint density at radius 1 is 0.789 bits per heavy atom. The molecule has 1 amide bonds. The van der Waals surface area contributed by atoms with Gasteiger partial charge in [0.1, 0.15) is 12.7 Å². The van der Waals surface area contributed by atoms with Crippen molar-refractivity contribution in [2.24, 2.45) is 0 Å². The second-order valence-electron chi connectivity index (χ2n) is 7.64. The highest BCUT2D eigenvalue weighted by atomic mass is 19.4. The summed E-state index contributed by atoms with van der Waals surface area (Å²) in [5, 5.41) is 3.03. The van der Waals surface area contributed by atoms with Crippen LogP contribution in [-0.2, 0) is 47.7 Å². The lowest BCUT2D eigenvalue weighted by Crippen LogP contribution is -2.66. The molecule has 12 nitrogen and oxygen atoms in total. The van der Waals surface area contributed by atoms with Crippen molar-refractivity contribution in [3.8, 4) is 0 Å². The Morgan fingerprint density at radius 3 is 1.71 bits per heavy atom. The third-order valence-corrected chi connectivity index (χ3v) is 4.43. The fourth-order valence-electron chi connectivity index (χ4n) is 3.13. The average Bonchev–Trinajstić information content (AvgIpc) is 2.71. The Morgan fingerprint density at radius 2 is 1.26 bits per heavy atom. The van der Waals surface area contributed by atoms with Gasteiger partial charge in [-0.15, -0.1) is 0 Å². The number of rotatable bonds is 9. The third kappa shape index (κ3) is 10.4. The van der Waals surface area contributed by atoms with Crippen LogP contribution in [0, 0.1) is 0 Å². The summed E-state index contributed by atoms with van der Waals surface area (Å²) in [5.74, 6) is -5.07. The molecule has 0 aromatic carbocycles. The number of carbonyl (C=O) groups excluding carboxylic acids is 5. The summed E-state index contributed by atoms with van der Waals surface area (Å²) < 4.78 is 101. The van der Waals surface area contributed by atoms with Crippen molar-refractivity contribution in [3.05, 3.63) is 12.3 Å². The molecule has 0 radical (unpaired) electrons. The van der Waals surface area contributed by atoms with Crippen molar-refractivity contribution in [2.45, 2.75) is 76.7 Å². The van der Waals surface area contributed by atoms with E-state index in [-0.39, 0.29) is 12.3 Å². The van der Waals surface area contributed by atoms with Crippen molar-refractivity contribution in [1.82, 2.24) is 10.6 Å². The van der Waals surface area contributed by atoms with Gasteiger partial charge in [0.15, 0.2) is 24.5 Å². The molecule has 1 aliphatic heterocycles. The lowest BCUT2D eigenvalue weighted by molar-refractivity contribution is -0.256. The molecule has 0 aromatic rings. The summed E-state index contributed by atoms with van der Waals surface area (Å²) in [6.45, 7) is 3.19. The number of nitrogens with one attached hydrogen (secondary N) is 2. The molecule has 2 N–H and O–H groups in total. The summed E-state index contributed by atoms with van der Waals surface area (Å²) in [4.78, 5) is 58.6. The van der Waals surface area contributed by atoms with E-state index >= 15 is 0 Å². The molecule has 0 saturated carbocycles. The second kappa shape index (κ2) is 13.3. The summed E-state index contributed by atoms with van der Waals surface area (Å²) >= 11 is 0. The number of ether oxygens (including phenoxy) is 5. The molecule has 0 spiro atoms. The van der Waals surface area contributed by atoms with Crippen molar-refractivity contribution in [2.75, 3.05) is 6.61 Å². The maximum absolute atomic E-state index is 12.6. The molecule has 1 heterocycles. The van der Waals surface area contributed by atoms with Crippen molar-refractivity contribution < 1.29 is 74.0 Å². The fourth-order valence-corrected chi connectivity index (χ4v) is 3.13. The molecule has 1 fully saturated rings. The summed E-state index contributed by atoms with van der Waals surface area (Å²) in [7, 11) is 0. The highest BCUT2D eigenvalue weighted by Gasteiger charge is 2.56. The van der Waals surface area contributed by atoms with Gasteiger partial charge in [-0.05, 0) is 0 Å². The minimum atomic E-state index is -5.74. The summed E-state index contributed by atoms with van der Waals surface area (Å²) in [6.07, 6.45) is -19.3. The topological polar surface area (TPSA) is 156 Å². The zero-order valence-corrected chi connectivity index (χ0v) is 20.2.